The van der Waals surface area contributed by atoms with Gasteiger partial charge in [0.2, 0.25) is 0 Å². The standard InChI is InChI=1S/C19H24N2OS/c1-3-7-18(16-8-5-4-6-9-16)21-19(23)20-14-15-10-12-17(22-2)13-11-15/h4-6,8-13,18H,3,7,14H2,1-2H3,(H2,20,21,23)/t18-/m0/s1. The van der Waals surface area contributed by atoms with Crippen molar-refractivity contribution in [1.29, 1.82) is 0 Å². The smallest absolute Gasteiger partial charge is 0.167 e. The molecule has 122 valence electrons. The SMILES string of the molecule is CCC[C@H](NC(=S)NCc1ccc(OC)cc1)c1ccccc1. The summed E-state index contributed by atoms with van der Waals surface area (Å²) in [5.41, 5.74) is 2.43. The first-order chi connectivity index (χ1) is 11.2. The second-order valence-corrected chi connectivity index (χ2v) is 5.84. The van der Waals surface area contributed by atoms with Crippen LogP contribution in [0.25, 0.3) is 0 Å². The zero-order valence-corrected chi connectivity index (χ0v) is 14.5. The van der Waals surface area contributed by atoms with Crippen LogP contribution >= 0.6 is 12.2 Å². The van der Waals surface area contributed by atoms with Crippen LogP contribution in [-0.2, 0) is 6.54 Å². The van der Waals surface area contributed by atoms with E-state index < -0.39 is 0 Å². The van der Waals surface area contributed by atoms with Gasteiger partial charge in [0.05, 0.1) is 13.2 Å². The van der Waals surface area contributed by atoms with Gasteiger partial charge in [-0.15, -0.1) is 0 Å². The lowest BCUT2D eigenvalue weighted by Crippen LogP contribution is -2.37. The van der Waals surface area contributed by atoms with Crippen molar-refractivity contribution in [3.05, 3.63) is 65.7 Å². The third-order valence-corrected chi connectivity index (χ3v) is 3.96. The van der Waals surface area contributed by atoms with Gasteiger partial charge in [-0.05, 0) is 41.9 Å². The summed E-state index contributed by atoms with van der Waals surface area (Å²) in [4.78, 5) is 0. The van der Waals surface area contributed by atoms with E-state index in [1.54, 1.807) is 7.11 Å². The van der Waals surface area contributed by atoms with E-state index in [-0.39, 0.29) is 6.04 Å². The van der Waals surface area contributed by atoms with Crippen molar-refractivity contribution >= 4 is 17.3 Å². The molecule has 0 aromatic heterocycles. The van der Waals surface area contributed by atoms with Crippen LogP contribution in [0.3, 0.4) is 0 Å². The predicted molar refractivity (Wildman–Crippen MR) is 99.7 cm³/mol. The normalized spacial score (nSPS) is 11.6. The predicted octanol–water partition coefficient (Wildman–Crippen LogP) is 4.20. The van der Waals surface area contributed by atoms with E-state index in [1.165, 1.54) is 11.1 Å². The van der Waals surface area contributed by atoms with Crippen LogP contribution in [0.4, 0.5) is 0 Å². The summed E-state index contributed by atoms with van der Waals surface area (Å²) in [6.45, 7) is 2.88. The van der Waals surface area contributed by atoms with Gasteiger partial charge in [0.25, 0.3) is 0 Å². The van der Waals surface area contributed by atoms with Crippen molar-refractivity contribution in [3.63, 3.8) is 0 Å². The van der Waals surface area contributed by atoms with Crippen LogP contribution in [0.15, 0.2) is 54.6 Å². The van der Waals surface area contributed by atoms with Gasteiger partial charge in [0, 0.05) is 6.54 Å². The van der Waals surface area contributed by atoms with Crippen molar-refractivity contribution in [3.8, 4) is 5.75 Å². The van der Waals surface area contributed by atoms with Gasteiger partial charge in [-0.1, -0.05) is 55.8 Å². The van der Waals surface area contributed by atoms with E-state index in [2.05, 4.69) is 41.8 Å². The zero-order valence-electron chi connectivity index (χ0n) is 13.7. The van der Waals surface area contributed by atoms with Crippen molar-refractivity contribution in [2.75, 3.05) is 7.11 Å². The minimum absolute atomic E-state index is 0.247. The summed E-state index contributed by atoms with van der Waals surface area (Å²) < 4.78 is 5.16. The van der Waals surface area contributed by atoms with Crippen LogP contribution in [0.2, 0.25) is 0 Å². The third kappa shape index (κ3) is 5.57. The Bertz CT molecular complexity index is 599. The van der Waals surface area contributed by atoms with E-state index in [0.29, 0.717) is 11.7 Å². The summed E-state index contributed by atoms with van der Waals surface area (Å²) in [6.07, 6.45) is 2.15. The van der Waals surface area contributed by atoms with Crippen LogP contribution in [-0.4, -0.2) is 12.2 Å². The number of hydrogen-bond donors (Lipinski definition) is 2. The number of hydrogen-bond acceptors (Lipinski definition) is 2. The maximum absolute atomic E-state index is 5.45. The highest BCUT2D eigenvalue weighted by Gasteiger charge is 2.11. The van der Waals surface area contributed by atoms with Crippen molar-refractivity contribution in [2.24, 2.45) is 0 Å². The van der Waals surface area contributed by atoms with Gasteiger partial charge in [0.15, 0.2) is 5.11 Å². The van der Waals surface area contributed by atoms with Crippen LogP contribution in [0, 0.1) is 0 Å². The Kier molecular flexibility index (Phi) is 6.88. The van der Waals surface area contributed by atoms with Crippen LogP contribution in [0.1, 0.15) is 36.9 Å². The van der Waals surface area contributed by atoms with Crippen molar-refractivity contribution in [1.82, 2.24) is 10.6 Å². The summed E-state index contributed by atoms with van der Waals surface area (Å²) in [5.74, 6) is 0.863. The summed E-state index contributed by atoms with van der Waals surface area (Å²) in [7, 11) is 1.67. The number of nitrogens with one attached hydrogen (secondary N) is 2. The Balaban J connectivity index is 1.88. The number of thiocarbonyl (C=S) groups is 1. The molecular weight excluding hydrogens is 304 g/mol. The maximum Gasteiger partial charge on any atom is 0.167 e. The second kappa shape index (κ2) is 9.16. The lowest BCUT2D eigenvalue weighted by atomic mass is 10.0. The molecule has 4 heteroatoms. The monoisotopic (exact) mass is 328 g/mol. The van der Waals surface area contributed by atoms with Crippen LogP contribution < -0.4 is 15.4 Å². The van der Waals surface area contributed by atoms with E-state index in [0.717, 1.165) is 18.6 Å². The average molecular weight is 328 g/mol. The molecule has 0 unspecified atom stereocenters. The van der Waals surface area contributed by atoms with Gasteiger partial charge in [-0.25, -0.2) is 0 Å². The molecule has 0 aliphatic carbocycles. The van der Waals surface area contributed by atoms with Gasteiger partial charge in [-0.3, -0.25) is 0 Å². The van der Waals surface area contributed by atoms with Gasteiger partial charge in [0.1, 0.15) is 5.75 Å². The number of methoxy groups -OCH3 is 1. The molecule has 0 amide bonds. The highest BCUT2D eigenvalue weighted by molar-refractivity contribution is 7.80. The van der Waals surface area contributed by atoms with E-state index in [4.69, 9.17) is 17.0 Å². The Morgan fingerprint density at radius 1 is 1.09 bits per heavy atom. The third-order valence-electron chi connectivity index (χ3n) is 3.70. The molecule has 0 saturated heterocycles. The highest BCUT2D eigenvalue weighted by Crippen LogP contribution is 2.18. The molecule has 0 spiro atoms. The van der Waals surface area contributed by atoms with Gasteiger partial charge >= 0.3 is 0 Å². The molecule has 2 aromatic rings. The minimum atomic E-state index is 0.247. The second-order valence-electron chi connectivity index (χ2n) is 5.43. The average Bonchev–Trinajstić information content (AvgIpc) is 2.61. The van der Waals surface area contributed by atoms with E-state index in [1.807, 2.05) is 30.3 Å². The Hall–Kier alpha value is -2.07. The molecule has 0 aliphatic heterocycles. The molecule has 2 aromatic carbocycles. The fourth-order valence-corrected chi connectivity index (χ4v) is 2.65. The maximum atomic E-state index is 5.45. The fourth-order valence-electron chi connectivity index (χ4n) is 2.43. The molecular formula is C19H24N2OS. The minimum Gasteiger partial charge on any atom is -0.497 e. The topological polar surface area (TPSA) is 33.3 Å². The lowest BCUT2D eigenvalue weighted by Gasteiger charge is -2.21. The Morgan fingerprint density at radius 2 is 1.78 bits per heavy atom. The van der Waals surface area contributed by atoms with Gasteiger partial charge in [-0.2, -0.15) is 0 Å². The molecule has 0 aliphatic rings. The summed E-state index contributed by atoms with van der Waals surface area (Å²) in [6, 6.07) is 18.7. The first-order valence-electron chi connectivity index (χ1n) is 7.95. The molecule has 0 bridgehead atoms. The largest absolute Gasteiger partial charge is 0.497 e. The molecule has 3 nitrogen and oxygen atoms in total. The molecule has 0 fully saturated rings. The molecule has 0 saturated carbocycles. The Labute approximate surface area is 144 Å². The fraction of sp³-hybridized carbons (Fsp3) is 0.316. The number of rotatable bonds is 7. The van der Waals surface area contributed by atoms with Crippen LogP contribution in [0.5, 0.6) is 5.75 Å². The molecule has 0 heterocycles. The summed E-state index contributed by atoms with van der Waals surface area (Å²) >= 11 is 5.45. The molecule has 23 heavy (non-hydrogen) atoms. The molecule has 2 N–H and O–H groups in total. The first kappa shape index (κ1) is 17.3. The zero-order chi connectivity index (χ0) is 16.5. The number of benzene rings is 2. The molecule has 0 radical (unpaired) electrons. The molecule has 2 rings (SSSR count). The van der Waals surface area contributed by atoms with E-state index in [9.17, 15) is 0 Å². The quantitative estimate of drug-likeness (QED) is 0.746. The van der Waals surface area contributed by atoms with Crippen molar-refractivity contribution in [2.45, 2.75) is 32.4 Å². The highest BCUT2D eigenvalue weighted by atomic mass is 32.1. The summed E-state index contributed by atoms with van der Waals surface area (Å²) in [5, 5.41) is 7.38. The Morgan fingerprint density at radius 3 is 2.39 bits per heavy atom. The molecule has 1 atom stereocenters. The number of ether oxygens (including phenoxy) is 1. The lowest BCUT2D eigenvalue weighted by molar-refractivity contribution is 0.414. The van der Waals surface area contributed by atoms with E-state index >= 15 is 0 Å². The van der Waals surface area contributed by atoms with Crippen molar-refractivity contribution < 1.29 is 4.74 Å². The first-order valence-corrected chi connectivity index (χ1v) is 8.36. The van der Waals surface area contributed by atoms with Gasteiger partial charge < -0.3 is 15.4 Å².